The summed E-state index contributed by atoms with van der Waals surface area (Å²) in [5, 5.41) is 4.16. The van der Waals surface area contributed by atoms with Gasteiger partial charge in [-0.3, -0.25) is 19.0 Å². The Morgan fingerprint density at radius 1 is 0.952 bits per heavy atom. The van der Waals surface area contributed by atoms with Gasteiger partial charge in [0.25, 0.3) is 11.5 Å². The molecule has 42 heavy (non-hydrogen) atoms. The van der Waals surface area contributed by atoms with Gasteiger partial charge in [0.1, 0.15) is 11.5 Å². The van der Waals surface area contributed by atoms with Gasteiger partial charge in [0.05, 0.1) is 6.04 Å². The van der Waals surface area contributed by atoms with E-state index in [0.29, 0.717) is 68.2 Å². The summed E-state index contributed by atoms with van der Waals surface area (Å²) < 4.78 is 15.0. The molecule has 0 unspecified atom stereocenters. The fraction of sp³-hybridized carbons (Fsp3) is 0.344. The molecule has 0 radical (unpaired) electrons. The van der Waals surface area contributed by atoms with Crippen molar-refractivity contribution < 1.29 is 14.0 Å². The molecular formula is C32H33FN6O3. The van der Waals surface area contributed by atoms with E-state index < -0.39 is 0 Å². The van der Waals surface area contributed by atoms with Gasteiger partial charge in [0.2, 0.25) is 11.9 Å². The van der Waals surface area contributed by atoms with Crippen molar-refractivity contribution in [3.05, 3.63) is 88.1 Å². The normalized spacial score (nSPS) is 17.5. The average molecular weight is 569 g/mol. The van der Waals surface area contributed by atoms with E-state index in [0.717, 1.165) is 16.5 Å². The first-order valence-electron chi connectivity index (χ1n) is 14.3. The van der Waals surface area contributed by atoms with Crippen LogP contribution in [0.1, 0.15) is 48.1 Å². The van der Waals surface area contributed by atoms with E-state index in [2.05, 4.69) is 10.3 Å². The second-order valence-corrected chi connectivity index (χ2v) is 11.1. The minimum atomic E-state index is -0.370. The molecule has 0 saturated carbocycles. The molecular weight excluding hydrogens is 535 g/mol. The molecule has 10 heteroatoms. The van der Waals surface area contributed by atoms with Gasteiger partial charge in [-0.25, -0.2) is 9.37 Å². The second kappa shape index (κ2) is 11.3. The topological polar surface area (TPSA) is 100 Å². The number of halogens is 1. The van der Waals surface area contributed by atoms with Crippen LogP contribution in [-0.2, 0) is 4.79 Å². The molecule has 2 aromatic heterocycles. The highest BCUT2D eigenvalue weighted by Crippen LogP contribution is 2.29. The van der Waals surface area contributed by atoms with Crippen molar-refractivity contribution >= 4 is 28.8 Å². The van der Waals surface area contributed by atoms with Crippen molar-refractivity contribution in [1.29, 1.82) is 0 Å². The Labute approximate surface area is 243 Å². The van der Waals surface area contributed by atoms with Crippen molar-refractivity contribution in [3.63, 3.8) is 0 Å². The zero-order valence-electron chi connectivity index (χ0n) is 23.7. The first kappa shape index (κ1) is 27.6. The average Bonchev–Trinajstić information content (AvgIpc) is 3.48. The number of benzene rings is 2. The van der Waals surface area contributed by atoms with E-state index in [-0.39, 0.29) is 35.3 Å². The number of nitrogens with zero attached hydrogens (tertiary/aromatic N) is 5. The molecule has 0 aliphatic carbocycles. The van der Waals surface area contributed by atoms with Crippen LogP contribution in [0.3, 0.4) is 0 Å². The monoisotopic (exact) mass is 568 g/mol. The summed E-state index contributed by atoms with van der Waals surface area (Å²) in [5.74, 6) is -0.0685. The summed E-state index contributed by atoms with van der Waals surface area (Å²) in [6.45, 7) is 5.68. The van der Waals surface area contributed by atoms with Crippen LogP contribution in [0.5, 0.6) is 0 Å². The molecule has 2 saturated heterocycles. The highest BCUT2D eigenvalue weighted by molar-refractivity contribution is 5.94. The summed E-state index contributed by atoms with van der Waals surface area (Å²) in [5.41, 5.74) is 3.33. The molecule has 2 aliphatic rings. The Balaban J connectivity index is 1.27. The first-order valence-corrected chi connectivity index (χ1v) is 14.3. The molecule has 216 valence electrons. The Hall–Kier alpha value is -4.60. The van der Waals surface area contributed by atoms with Gasteiger partial charge in [-0.1, -0.05) is 24.3 Å². The van der Waals surface area contributed by atoms with Crippen LogP contribution in [-0.4, -0.2) is 68.4 Å². The lowest BCUT2D eigenvalue weighted by Crippen LogP contribution is -2.42. The largest absolute Gasteiger partial charge is 0.351 e. The number of carbonyl (C=O) groups is 2. The van der Waals surface area contributed by atoms with Crippen LogP contribution in [0, 0.1) is 12.7 Å². The molecule has 6 rings (SSSR count). The van der Waals surface area contributed by atoms with E-state index in [1.54, 1.807) is 27.5 Å². The van der Waals surface area contributed by atoms with Crippen LogP contribution in [0.25, 0.3) is 22.2 Å². The van der Waals surface area contributed by atoms with Gasteiger partial charge in [0, 0.05) is 61.9 Å². The number of anilines is 1. The van der Waals surface area contributed by atoms with E-state index in [1.165, 1.54) is 24.3 Å². The Morgan fingerprint density at radius 3 is 2.36 bits per heavy atom. The minimum Gasteiger partial charge on any atom is -0.351 e. The molecule has 0 bridgehead atoms. The molecule has 1 atom stereocenters. The third-order valence-corrected chi connectivity index (χ3v) is 8.39. The Kier molecular flexibility index (Phi) is 7.45. The summed E-state index contributed by atoms with van der Waals surface area (Å²) in [7, 11) is 0. The fourth-order valence-electron chi connectivity index (χ4n) is 6.02. The molecule has 0 spiro atoms. The molecule has 2 aromatic carbocycles. The van der Waals surface area contributed by atoms with Gasteiger partial charge in [-0.2, -0.15) is 4.98 Å². The number of aromatic nitrogens is 3. The molecule has 2 amide bonds. The van der Waals surface area contributed by atoms with Crippen LogP contribution in [0.15, 0.2) is 65.6 Å². The van der Waals surface area contributed by atoms with Gasteiger partial charge < -0.3 is 15.1 Å². The SMILES string of the molecule is CC(=O)N1CC[C@H](n2c(=O)c(-c3ccccc3C)cc3cnc(NC4CCN(C(=O)c5ccc(F)cc5)CC4)nc32)C1. The molecule has 9 nitrogen and oxygen atoms in total. The van der Waals surface area contributed by atoms with Crippen LogP contribution in [0.2, 0.25) is 0 Å². The molecule has 2 fully saturated rings. The van der Waals surface area contributed by atoms with E-state index >= 15 is 0 Å². The second-order valence-electron chi connectivity index (χ2n) is 11.1. The van der Waals surface area contributed by atoms with Gasteiger partial charge >= 0.3 is 0 Å². The van der Waals surface area contributed by atoms with E-state index in [9.17, 15) is 18.8 Å². The van der Waals surface area contributed by atoms with Crippen LogP contribution in [0.4, 0.5) is 10.3 Å². The number of aryl methyl sites for hydroxylation is 1. The summed E-state index contributed by atoms with van der Waals surface area (Å²) in [6, 6.07) is 15.1. The number of fused-ring (bicyclic) bond motifs is 1. The maximum Gasteiger partial charge on any atom is 0.260 e. The fourth-order valence-corrected chi connectivity index (χ4v) is 6.02. The minimum absolute atomic E-state index is 0.00820. The molecule has 1 N–H and O–H groups in total. The number of piperidine rings is 1. The number of amides is 2. The van der Waals surface area contributed by atoms with E-state index in [4.69, 9.17) is 4.98 Å². The summed E-state index contributed by atoms with van der Waals surface area (Å²) in [4.78, 5) is 52.0. The summed E-state index contributed by atoms with van der Waals surface area (Å²) in [6.07, 6.45) is 3.81. The number of carbonyl (C=O) groups excluding carboxylic acids is 2. The maximum atomic E-state index is 14.1. The van der Waals surface area contributed by atoms with Crippen LogP contribution < -0.4 is 10.9 Å². The number of hydrogen-bond acceptors (Lipinski definition) is 6. The molecule has 4 aromatic rings. The zero-order chi connectivity index (χ0) is 29.4. The number of pyridine rings is 1. The first-order chi connectivity index (χ1) is 20.3. The van der Waals surface area contributed by atoms with Crippen molar-refractivity contribution in [1.82, 2.24) is 24.3 Å². The van der Waals surface area contributed by atoms with Crippen molar-refractivity contribution in [2.75, 3.05) is 31.5 Å². The maximum absolute atomic E-state index is 14.1. The standard InChI is InChI=1S/C32H33FN6O3/c1-20-5-3-4-6-27(20)28-17-23-18-34-32(36-29(23)39(31(28)42)26-13-16-38(19-26)21(2)40)35-25-11-14-37(15-12-25)30(41)22-7-9-24(33)10-8-22/h3-10,17-18,25-26H,11-16,19H2,1-2H3,(H,34,35,36)/t26-/m0/s1. The number of rotatable bonds is 5. The number of nitrogens with one attached hydrogen (secondary N) is 1. The lowest BCUT2D eigenvalue weighted by atomic mass is 10.0. The lowest BCUT2D eigenvalue weighted by Gasteiger charge is -2.32. The van der Waals surface area contributed by atoms with Gasteiger partial charge in [-0.05, 0) is 67.6 Å². The number of likely N-dealkylation sites (tertiary alicyclic amines) is 2. The highest BCUT2D eigenvalue weighted by Gasteiger charge is 2.29. The highest BCUT2D eigenvalue weighted by atomic mass is 19.1. The van der Waals surface area contributed by atoms with Gasteiger partial charge in [0.15, 0.2) is 0 Å². The Morgan fingerprint density at radius 2 is 1.67 bits per heavy atom. The predicted octanol–water partition coefficient (Wildman–Crippen LogP) is 4.42. The van der Waals surface area contributed by atoms with Crippen LogP contribution >= 0.6 is 0 Å². The predicted molar refractivity (Wildman–Crippen MR) is 159 cm³/mol. The Bertz CT molecular complexity index is 1710. The third kappa shape index (κ3) is 5.36. The van der Waals surface area contributed by atoms with Crippen molar-refractivity contribution in [2.45, 2.75) is 45.2 Å². The van der Waals surface area contributed by atoms with Gasteiger partial charge in [-0.15, -0.1) is 0 Å². The van der Waals surface area contributed by atoms with Crippen molar-refractivity contribution in [3.8, 4) is 11.1 Å². The summed E-state index contributed by atoms with van der Waals surface area (Å²) >= 11 is 0. The zero-order valence-corrected chi connectivity index (χ0v) is 23.7. The van der Waals surface area contributed by atoms with E-state index in [1.807, 2.05) is 37.3 Å². The smallest absolute Gasteiger partial charge is 0.260 e. The van der Waals surface area contributed by atoms with Crippen molar-refractivity contribution in [2.24, 2.45) is 0 Å². The number of hydrogen-bond donors (Lipinski definition) is 1. The third-order valence-electron chi connectivity index (χ3n) is 8.39. The molecule has 2 aliphatic heterocycles. The lowest BCUT2D eigenvalue weighted by molar-refractivity contribution is -0.127. The molecule has 4 heterocycles. The quantitative estimate of drug-likeness (QED) is 0.383.